The Balaban J connectivity index is 2.51. The van der Waals surface area contributed by atoms with Gasteiger partial charge in [0.25, 0.3) is 0 Å². The molecule has 2 atom stereocenters. The van der Waals surface area contributed by atoms with Crippen molar-refractivity contribution in [1.82, 2.24) is 0 Å². The lowest BCUT2D eigenvalue weighted by molar-refractivity contribution is -0.146. The number of ether oxygens (including phenoxy) is 1. The molecule has 0 bridgehead atoms. The second kappa shape index (κ2) is 4.07. The minimum absolute atomic E-state index is 0.0121. The fourth-order valence-electron chi connectivity index (χ4n) is 1.93. The van der Waals surface area contributed by atoms with Gasteiger partial charge in [-0.05, 0) is 19.3 Å². The minimum atomic E-state index is -1.05. The van der Waals surface area contributed by atoms with Crippen LogP contribution in [0.3, 0.4) is 0 Å². The van der Waals surface area contributed by atoms with Crippen molar-refractivity contribution >= 4 is 5.97 Å². The normalized spacial score (nSPS) is 34.5. The second-order valence-corrected chi connectivity index (χ2v) is 3.75. The summed E-state index contributed by atoms with van der Waals surface area (Å²) in [5, 5.41) is 18.5. The lowest BCUT2D eigenvalue weighted by Crippen LogP contribution is -2.40. The van der Waals surface area contributed by atoms with Crippen LogP contribution < -0.4 is 0 Å². The average Bonchev–Trinajstić information content (AvgIpc) is 2.02. The maximum atomic E-state index is 10.5. The van der Waals surface area contributed by atoms with Crippen LogP contribution >= 0.6 is 0 Å². The number of hydrogen-bond acceptors (Lipinski definition) is 3. The summed E-state index contributed by atoms with van der Waals surface area (Å²) < 4.78 is 5.12. The van der Waals surface area contributed by atoms with Gasteiger partial charge in [0, 0.05) is 13.5 Å². The first-order valence-corrected chi connectivity index (χ1v) is 4.53. The molecule has 4 heteroatoms. The molecule has 2 N–H and O–H groups in total. The molecule has 0 aromatic heterocycles. The van der Waals surface area contributed by atoms with E-state index >= 15 is 0 Å². The molecule has 1 rings (SSSR count). The van der Waals surface area contributed by atoms with Crippen LogP contribution in [0.5, 0.6) is 0 Å². The molecule has 76 valence electrons. The number of methoxy groups -OCH3 is 1. The number of hydrogen-bond donors (Lipinski definition) is 2. The Bertz CT molecular complexity index is 192. The van der Waals surface area contributed by atoms with Crippen molar-refractivity contribution in [1.29, 1.82) is 0 Å². The molecule has 4 nitrogen and oxygen atoms in total. The Morgan fingerprint density at radius 3 is 2.92 bits per heavy atom. The van der Waals surface area contributed by atoms with Crippen LogP contribution in [0.4, 0.5) is 0 Å². The van der Waals surface area contributed by atoms with Crippen molar-refractivity contribution in [3.8, 4) is 0 Å². The number of carbonyl (C=O) groups is 1. The number of carboxylic acid groups (broad SMARTS) is 1. The molecule has 0 amide bonds. The molecule has 0 aromatic carbocycles. The molecule has 2 unspecified atom stereocenters. The fraction of sp³-hybridized carbons (Fsp3) is 0.889. The van der Waals surface area contributed by atoms with E-state index in [1.807, 2.05) is 0 Å². The Morgan fingerprint density at radius 1 is 1.69 bits per heavy atom. The Labute approximate surface area is 77.5 Å². The SMILES string of the molecule is COC1CCCC(O)(CC(=O)O)C1. The highest BCUT2D eigenvalue weighted by atomic mass is 16.5. The lowest BCUT2D eigenvalue weighted by atomic mass is 9.81. The Kier molecular flexibility index (Phi) is 3.27. The first kappa shape index (κ1) is 10.5. The average molecular weight is 188 g/mol. The van der Waals surface area contributed by atoms with Gasteiger partial charge >= 0.3 is 5.97 Å². The van der Waals surface area contributed by atoms with E-state index in [2.05, 4.69) is 0 Å². The van der Waals surface area contributed by atoms with E-state index in [-0.39, 0.29) is 12.5 Å². The highest BCUT2D eigenvalue weighted by Gasteiger charge is 2.36. The van der Waals surface area contributed by atoms with Gasteiger partial charge in [0.2, 0.25) is 0 Å². The fourth-order valence-corrected chi connectivity index (χ4v) is 1.93. The molecular weight excluding hydrogens is 172 g/mol. The molecule has 1 saturated carbocycles. The quantitative estimate of drug-likeness (QED) is 0.686. The Morgan fingerprint density at radius 2 is 2.38 bits per heavy atom. The summed E-state index contributed by atoms with van der Waals surface area (Å²) in [5.41, 5.74) is -1.05. The van der Waals surface area contributed by atoms with Crippen molar-refractivity contribution < 1.29 is 19.7 Å². The third kappa shape index (κ3) is 2.97. The maximum absolute atomic E-state index is 10.5. The molecule has 1 aliphatic carbocycles. The summed E-state index contributed by atoms with van der Waals surface area (Å²) in [5.74, 6) is -0.945. The zero-order chi connectivity index (χ0) is 9.90. The molecule has 1 fully saturated rings. The van der Waals surface area contributed by atoms with Crippen molar-refractivity contribution in [2.24, 2.45) is 0 Å². The Hall–Kier alpha value is -0.610. The summed E-state index contributed by atoms with van der Waals surface area (Å²) >= 11 is 0. The molecule has 13 heavy (non-hydrogen) atoms. The maximum Gasteiger partial charge on any atom is 0.306 e. The molecule has 0 aliphatic heterocycles. The van der Waals surface area contributed by atoms with Gasteiger partial charge in [-0.2, -0.15) is 0 Å². The van der Waals surface area contributed by atoms with Gasteiger partial charge in [0.05, 0.1) is 18.1 Å². The minimum Gasteiger partial charge on any atom is -0.481 e. The van der Waals surface area contributed by atoms with Crippen molar-refractivity contribution in [3.63, 3.8) is 0 Å². The predicted octanol–water partition coefficient (Wildman–Crippen LogP) is 0.781. The van der Waals surface area contributed by atoms with Gasteiger partial charge in [-0.1, -0.05) is 0 Å². The van der Waals surface area contributed by atoms with Crippen molar-refractivity contribution in [2.75, 3.05) is 7.11 Å². The smallest absolute Gasteiger partial charge is 0.306 e. The van der Waals surface area contributed by atoms with E-state index in [0.29, 0.717) is 12.8 Å². The van der Waals surface area contributed by atoms with E-state index in [9.17, 15) is 9.90 Å². The van der Waals surface area contributed by atoms with E-state index < -0.39 is 11.6 Å². The second-order valence-electron chi connectivity index (χ2n) is 3.75. The van der Waals surface area contributed by atoms with Crippen LogP contribution in [0.1, 0.15) is 32.1 Å². The van der Waals surface area contributed by atoms with Gasteiger partial charge < -0.3 is 14.9 Å². The van der Waals surface area contributed by atoms with Crippen molar-refractivity contribution in [3.05, 3.63) is 0 Å². The van der Waals surface area contributed by atoms with Gasteiger partial charge in [-0.25, -0.2) is 0 Å². The number of aliphatic carboxylic acids is 1. The molecule has 0 saturated heterocycles. The van der Waals surface area contributed by atoms with Crippen LogP contribution in [0.15, 0.2) is 0 Å². The highest BCUT2D eigenvalue weighted by Crippen LogP contribution is 2.32. The molecular formula is C9H16O4. The third-order valence-corrected chi connectivity index (χ3v) is 2.59. The molecule has 0 heterocycles. The van der Waals surface area contributed by atoms with Crippen LogP contribution in [0.2, 0.25) is 0 Å². The van der Waals surface area contributed by atoms with E-state index in [4.69, 9.17) is 9.84 Å². The van der Waals surface area contributed by atoms with Gasteiger partial charge in [-0.15, -0.1) is 0 Å². The first-order chi connectivity index (χ1) is 6.06. The van der Waals surface area contributed by atoms with E-state index in [1.54, 1.807) is 7.11 Å². The zero-order valence-corrected chi connectivity index (χ0v) is 7.82. The van der Waals surface area contributed by atoms with Crippen LogP contribution in [-0.2, 0) is 9.53 Å². The van der Waals surface area contributed by atoms with Crippen LogP contribution in [0.25, 0.3) is 0 Å². The summed E-state index contributed by atoms with van der Waals surface area (Å²) in [6.07, 6.45) is 2.60. The summed E-state index contributed by atoms with van der Waals surface area (Å²) in [7, 11) is 1.59. The van der Waals surface area contributed by atoms with E-state index in [0.717, 1.165) is 12.8 Å². The summed E-state index contributed by atoms with van der Waals surface area (Å²) in [6.45, 7) is 0. The summed E-state index contributed by atoms with van der Waals surface area (Å²) in [6, 6.07) is 0. The monoisotopic (exact) mass is 188 g/mol. The van der Waals surface area contributed by atoms with Gasteiger partial charge in [0.15, 0.2) is 0 Å². The highest BCUT2D eigenvalue weighted by molar-refractivity contribution is 5.68. The topological polar surface area (TPSA) is 66.8 Å². The largest absolute Gasteiger partial charge is 0.481 e. The predicted molar refractivity (Wildman–Crippen MR) is 46.5 cm³/mol. The summed E-state index contributed by atoms with van der Waals surface area (Å²) in [4.78, 5) is 10.5. The number of rotatable bonds is 3. The molecule has 1 aliphatic rings. The third-order valence-electron chi connectivity index (χ3n) is 2.59. The molecule has 0 radical (unpaired) electrons. The number of aliphatic hydroxyl groups is 1. The molecule has 0 aromatic rings. The lowest BCUT2D eigenvalue weighted by Gasteiger charge is -2.34. The van der Waals surface area contributed by atoms with E-state index in [1.165, 1.54) is 0 Å². The number of carboxylic acids is 1. The van der Waals surface area contributed by atoms with Crippen LogP contribution in [0, 0.1) is 0 Å². The standard InChI is InChI=1S/C9H16O4/c1-13-7-3-2-4-9(12,5-7)6-8(10)11/h7,12H,2-6H2,1H3,(H,10,11). The van der Waals surface area contributed by atoms with Crippen LogP contribution in [-0.4, -0.2) is 35.0 Å². The molecule has 0 spiro atoms. The first-order valence-electron chi connectivity index (χ1n) is 4.53. The zero-order valence-electron chi connectivity index (χ0n) is 7.82. The van der Waals surface area contributed by atoms with Gasteiger partial charge in [-0.3, -0.25) is 4.79 Å². The van der Waals surface area contributed by atoms with Gasteiger partial charge in [0.1, 0.15) is 0 Å². The van der Waals surface area contributed by atoms with Crippen molar-refractivity contribution in [2.45, 2.75) is 43.8 Å².